The Morgan fingerprint density at radius 1 is 1.29 bits per heavy atom. The van der Waals surface area contributed by atoms with Gasteiger partial charge in [0.05, 0.1) is 6.54 Å². The number of hydrogen-bond donors (Lipinski definition) is 1. The first-order chi connectivity index (χ1) is 11.8. The minimum atomic E-state index is -0.0682. The van der Waals surface area contributed by atoms with Gasteiger partial charge in [0.2, 0.25) is 0 Å². The van der Waals surface area contributed by atoms with Crippen LogP contribution in [0.15, 0.2) is 46.9 Å². The van der Waals surface area contributed by atoms with E-state index in [1.54, 1.807) is 18.4 Å². The zero-order valence-electron chi connectivity index (χ0n) is 13.8. The van der Waals surface area contributed by atoms with Crippen molar-refractivity contribution in [3.63, 3.8) is 0 Å². The van der Waals surface area contributed by atoms with Crippen LogP contribution in [0.4, 0.5) is 5.13 Å². The summed E-state index contributed by atoms with van der Waals surface area (Å²) in [5.74, 6) is 0.590. The maximum Gasteiger partial charge on any atom is 0.191 e. The smallest absolute Gasteiger partial charge is 0.191 e. The molecule has 0 saturated carbocycles. The van der Waals surface area contributed by atoms with E-state index in [2.05, 4.69) is 19.8 Å². The van der Waals surface area contributed by atoms with Crippen LogP contribution < -0.4 is 10.6 Å². The number of aliphatic imine (C=N–C) groups is 1. The van der Waals surface area contributed by atoms with Crippen molar-refractivity contribution in [3.8, 4) is 0 Å². The van der Waals surface area contributed by atoms with Crippen LogP contribution >= 0.6 is 11.3 Å². The monoisotopic (exact) mass is 345 g/mol. The molecule has 0 radical (unpaired) electrons. The summed E-state index contributed by atoms with van der Waals surface area (Å²) in [5.41, 5.74) is 7.30. The van der Waals surface area contributed by atoms with E-state index in [0.717, 1.165) is 36.9 Å². The molecular formula is C17H23N5OS. The molecule has 1 aromatic heterocycles. The summed E-state index contributed by atoms with van der Waals surface area (Å²) in [7, 11) is 1.70. The van der Waals surface area contributed by atoms with Crippen LogP contribution in [-0.2, 0) is 4.74 Å². The first kappa shape index (κ1) is 16.7. The van der Waals surface area contributed by atoms with Gasteiger partial charge in [-0.2, -0.15) is 0 Å². The highest BCUT2D eigenvalue weighted by atomic mass is 32.1. The molecule has 1 unspecified atom stereocenters. The molecule has 0 amide bonds. The van der Waals surface area contributed by atoms with Crippen LogP contribution in [0.1, 0.15) is 11.7 Å². The van der Waals surface area contributed by atoms with Crippen molar-refractivity contribution in [2.45, 2.75) is 6.10 Å². The van der Waals surface area contributed by atoms with Crippen molar-refractivity contribution in [1.82, 2.24) is 9.88 Å². The highest BCUT2D eigenvalue weighted by molar-refractivity contribution is 7.13. The van der Waals surface area contributed by atoms with Gasteiger partial charge in [0.15, 0.2) is 11.1 Å². The fourth-order valence-electron chi connectivity index (χ4n) is 2.76. The van der Waals surface area contributed by atoms with Gasteiger partial charge in [-0.15, -0.1) is 11.3 Å². The maximum atomic E-state index is 6.18. The second-order valence-corrected chi connectivity index (χ2v) is 6.50. The number of hydrogen-bond acceptors (Lipinski definition) is 5. The van der Waals surface area contributed by atoms with Gasteiger partial charge < -0.3 is 20.3 Å². The zero-order valence-corrected chi connectivity index (χ0v) is 14.7. The van der Waals surface area contributed by atoms with Gasteiger partial charge in [0.25, 0.3) is 0 Å². The fraction of sp³-hybridized carbons (Fsp3) is 0.412. The zero-order chi connectivity index (χ0) is 16.8. The molecule has 0 bridgehead atoms. The van der Waals surface area contributed by atoms with Gasteiger partial charge in [-0.25, -0.2) is 4.98 Å². The predicted octanol–water partition coefficient (Wildman–Crippen LogP) is 1.97. The molecule has 2 heterocycles. The number of methoxy groups -OCH3 is 1. The van der Waals surface area contributed by atoms with Crippen LogP contribution in [0.5, 0.6) is 0 Å². The van der Waals surface area contributed by atoms with Crippen LogP contribution in [0, 0.1) is 0 Å². The van der Waals surface area contributed by atoms with Crippen molar-refractivity contribution in [1.29, 1.82) is 0 Å². The summed E-state index contributed by atoms with van der Waals surface area (Å²) in [6.07, 6.45) is 1.78. The van der Waals surface area contributed by atoms with Crippen LogP contribution in [0.3, 0.4) is 0 Å². The molecule has 1 aliphatic rings. The van der Waals surface area contributed by atoms with E-state index in [9.17, 15) is 0 Å². The number of nitrogens with two attached hydrogens (primary N) is 1. The van der Waals surface area contributed by atoms with Crippen molar-refractivity contribution in [3.05, 3.63) is 47.5 Å². The van der Waals surface area contributed by atoms with Gasteiger partial charge in [0, 0.05) is 44.9 Å². The molecule has 1 aliphatic heterocycles. The highest BCUT2D eigenvalue weighted by Crippen LogP contribution is 2.19. The molecule has 2 N–H and O–H groups in total. The molecule has 1 aromatic carbocycles. The minimum absolute atomic E-state index is 0.0682. The van der Waals surface area contributed by atoms with E-state index < -0.39 is 0 Å². The van der Waals surface area contributed by atoms with Crippen molar-refractivity contribution in [2.75, 3.05) is 44.7 Å². The Balaban J connectivity index is 1.54. The molecule has 3 rings (SSSR count). The number of aromatic nitrogens is 1. The molecule has 2 aromatic rings. The minimum Gasteiger partial charge on any atom is -0.375 e. The Morgan fingerprint density at radius 3 is 2.67 bits per heavy atom. The van der Waals surface area contributed by atoms with E-state index in [1.165, 1.54) is 0 Å². The largest absolute Gasteiger partial charge is 0.375 e. The number of anilines is 1. The first-order valence-corrected chi connectivity index (χ1v) is 8.93. The summed E-state index contributed by atoms with van der Waals surface area (Å²) >= 11 is 1.67. The van der Waals surface area contributed by atoms with Gasteiger partial charge in [-0.1, -0.05) is 30.3 Å². The number of nitrogens with zero attached hydrogens (tertiary/aromatic N) is 4. The number of benzene rings is 1. The SMILES string of the molecule is COC(CN=C(N)N1CCN(c2nccs2)CC1)c1ccccc1. The molecule has 128 valence electrons. The topological polar surface area (TPSA) is 67.0 Å². The van der Waals surface area contributed by atoms with E-state index in [0.29, 0.717) is 12.5 Å². The highest BCUT2D eigenvalue weighted by Gasteiger charge is 2.20. The molecule has 1 fully saturated rings. The molecule has 0 aliphatic carbocycles. The van der Waals surface area contributed by atoms with Crippen LogP contribution in [0.2, 0.25) is 0 Å². The second kappa shape index (κ2) is 8.12. The maximum absolute atomic E-state index is 6.18. The lowest BCUT2D eigenvalue weighted by Crippen LogP contribution is -2.51. The molecule has 1 saturated heterocycles. The quantitative estimate of drug-likeness (QED) is 0.663. The number of piperazine rings is 1. The number of ether oxygens (including phenoxy) is 1. The Bertz CT molecular complexity index is 638. The lowest BCUT2D eigenvalue weighted by molar-refractivity contribution is 0.110. The lowest BCUT2D eigenvalue weighted by Gasteiger charge is -2.35. The third-order valence-electron chi connectivity index (χ3n) is 4.17. The lowest BCUT2D eigenvalue weighted by atomic mass is 10.1. The third-order valence-corrected chi connectivity index (χ3v) is 5.00. The van der Waals surface area contributed by atoms with Crippen molar-refractivity contribution in [2.24, 2.45) is 10.7 Å². The summed E-state index contributed by atoms with van der Waals surface area (Å²) in [6.45, 7) is 4.07. The number of rotatable bonds is 5. The molecular weight excluding hydrogens is 322 g/mol. The van der Waals surface area contributed by atoms with Gasteiger partial charge >= 0.3 is 0 Å². The van der Waals surface area contributed by atoms with Crippen LogP contribution in [-0.4, -0.2) is 55.7 Å². The summed E-state index contributed by atoms with van der Waals surface area (Å²) < 4.78 is 5.54. The normalized spacial score (nSPS) is 17.1. The average Bonchev–Trinajstić information content (AvgIpc) is 3.18. The second-order valence-electron chi connectivity index (χ2n) is 5.62. The third kappa shape index (κ3) is 4.04. The summed E-state index contributed by atoms with van der Waals surface area (Å²) in [4.78, 5) is 13.3. The van der Waals surface area contributed by atoms with E-state index in [1.807, 2.05) is 41.9 Å². The first-order valence-electron chi connectivity index (χ1n) is 8.05. The van der Waals surface area contributed by atoms with E-state index in [-0.39, 0.29) is 6.10 Å². The molecule has 7 heteroatoms. The number of guanidine groups is 1. The van der Waals surface area contributed by atoms with Gasteiger partial charge in [-0.3, -0.25) is 4.99 Å². The van der Waals surface area contributed by atoms with Crippen molar-refractivity contribution >= 4 is 22.4 Å². The standard InChI is InChI=1S/C17H23N5OS/c1-23-15(14-5-3-2-4-6-14)13-20-16(18)21-8-10-22(11-9-21)17-19-7-12-24-17/h2-7,12,15H,8-11,13H2,1H3,(H2,18,20). The molecule has 6 nitrogen and oxygen atoms in total. The predicted molar refractivity (Wildman–Crippen MR) is 98.6 cm³/mol. The van der Waals surface area contributed by atoms with Gasteiger partial charge in [0.1, 0.15) is 6.10 Å². The Hall–Kier alpha value is -2.12. The molecule has 24 heavy (non-hydrogen) atoms. The fourth-order valence-corrected chi connectivity index (χ4v) is 3.46. The van der Waals surface area contributed by atoms with E-state index >= 15 is 0 Å². The molecule has 1 atom stereocenters. The number of thiazole rings is 1. The van der Waals surface area contributed by atoms with Gasteiger partial charge in [-0.05, 0) is 5.56 Å². The van der Waals surface area contributed by atoms with Crippen molar-refractivity contribution < 1.29 is 4.74 Å². The Labute approximate surface area is 146 Å². The Kier molecular flexibility index (Phi) is 5.66. The average molecular weight is 345 g/mol. The van der Waals surface area contributed by atoms with E-state index in [4.69, 9.17) is 10.5 Å². The summed E-state index contributed by atoms with van der Waals surface area (Å²) in [6, 6.07) is 10.1. The van der Waals surface area contributed by atoms with Crippen LogP contribution in [0.25, 0.3) is 0 Å². The Morgan fingerprint density at radius 2 is 2.04 bits per heavy atom. The molecule has 0 spiro atoms. The summed E-state index contributed by atoms with van der Waals surface area (Å²) in [5, 5.41) is 3.08.